The van der Waals surface area contributed by atoms with Gasteiger partial charge in [0.25, 0.3) is 0 Å². The van der Waals surface area contributed by atoms with Gasteiger partial charge in [-0.2, -0.15) is 0 Å². The van der Waals surface area contributed by atoms with E-state index in [1.54, 1.807) is 31.3 Å². The summed E-state index contributed by atoms with van der Waals surface area (Å²) in [4.78, 5) is 0.324. The molecule has 0 aromatic heterocycles. The van der Waals surface area contributed by atoms with E-state index < -0.39 is 10.0 Å². The first-order valence-electron chi connectivity index (χ1n) is 7.44. The molecule has 0 spiro atoms. The number of benzene rings is 1. The Labute approximate surface area is 127 Å². The molecule has 0 aliphatic heterocycles. The molecule has 5 nitrogen and oxygen atoms in total. The van der Waals surface area contributed by atoms with Crippen LogP contribution in [0, 0.1) is 5.92 Å². The zero-order valence-corrected chi connectivity index (χ0v) is 13.5. The average Bonchev–Trinajstić information content (AvgIpc) is 3.28. The monoisotopic (exact) mass is 312 g/mol. The molecule has 6 heteroatoms. The van der Waals surface area contributed by atoms with Crippen LogP contribution in [-0.2, 0) is 10.0 Å². The largest absolute Gasteiger partial charge is 0.492 e. The van der Waals surface area contributed by atoms with Crippen molar-refractivity contribution in [3.63, 3.8) is 0 Å². The van der Waals surface area contributed by atoms with E-state index in [0.29, 0.717) is 29.7 Å². The van der Waals surface area contributed by atoms with Crippen LogP contribution in [0.2, 0.25) is 0 Å². The molecule has 21 heavy (non-hydrogen) atoms. The Morgan fingerprint density at radius 1 is 1.29 bits per heavy atom. The highest BCUT2D eigenvalue weighted by molar-refractivity contribution is 7.89. The summed E-state index contributed by atoms with van der Waals surface area (Å²) >= 11 is 0. The van der Waals surface area contributed by atoms with Crippen molar-refractivity contribution >= 4 is 10.0 Å². The molecule has 0 unspecified atom stereocenters. The fourth-order valence-corrected chi connectivity index (χ4v) is 3.31. The Kier molecular flexibility index (Phi) is 5.61. The molecule has 0 saturated heterocycles. The zero-order valence-electron chi connectivity index (χ0n) is 12.7. The van der Waals surface area contributed by atoms with E-state index in [2.05, 4.69) is 5.32 Å². The number of nitrogens with zero attached hydrogens (tertiary/aromatic N) is 1. The minimum atomic E-state index is -3.37. The third kappa shape index (κ3) is 4.69. The predicted octanol–water partition coefficient (Wildman–Crippen LogP) is 1.71. The summed E-state index contributed by atoms with van der Waals surface area (Å²) < 4.78 is 31.8. The Morgan fingerprint density at radius 3 is 2.52 bits per heavy atom. The SMILES string of the molecule is CCNCCOc1ccc(S(=O)(=O)N(C)CC2CC2)cc1. The van der Waals surface area contributed by atoms with Gasteiger partial charge in [0.05, 0.1) is 4.90 Å². The fourth-order valence-electron chi connectivity index (χ4n) is 2.07. The molecule has 0 heterocycles. The molecule has 2 rings (SSSR count). The van der Waals surface area contributed by atoms with Gasteiger partial charge in [-0.25, -0.2) is 12.7 Å². The van der Waals surface area contributed by atoms with Gasteiger partial charge < -0.3 is 10.1 Å². The highest BCUT2D eigenvalue weighted by Gasteiger charge is 2.29. The lowest BCUT2D eigenvalue weighted by Crippen LogP contribution is -2.28. The second-order valence-corrected chi connectivity index (χ2v) is 7.45. The van der Waals surface area contributed by atoms with Crippen molar-refractivity contribution in [1.29, 1.82) is 0 Å². The van der Waals surface area contributed by atoms with Gasteiger partial charge in [0.1, 0.15) is 12.4 Å². The third-order valence-corrected chi connectivity index (χ3v) is 5.38. The highest BCUT2D eigenvalue weighted by Crippen LogP contribution is 2.31. The van der Waals surface area contributed by atoms with E-state index in [9.17, 15) is 8.42 Å². The summed E-state index contributed by atoms with van der Waals surface area (Å²) in [6.07, 6.45) is 2.27. The minimum Gasteiger partial charge on any atom is -0.492 e. The van der Waals surface area contributed by atoms with E-state index in [-0.39, 0.29) is 0 Å². The van der Waals surface area contributed by atoms with Crippen LogP contribution in [0.25, 0.3) is 0 Å². The van der Waals surface area contributed by atoms with Gasteiger partial charge in [-0.05, 0) is 49.6 Å². The van der Waals surface area contributed by atoms with Crippen LogP contribution in [0.3, 0.4) is 0 Å². The second-order valence-electron chi connectivity index (χ2n) is 5.40. The summed E-state index contributed by atoms with van der Waals surface area (Å²) in [7, 11) is -1.73. The summed E-state index contributed by atoms with van der Waals surface area (Å²) in [5, 5.41) is 3.17. The Balaban J connectivity index is 1.93. The number of nitrogens with one attached hydrogen (secondary N) is 1. The van der Waals surface area contributed by atoms with Crippen LogP contribution >= 0.6 is 0 Å². The summed E-state index contributed by atoms with van der Waals surface area (Å²) in [5.74, 6) is 1.23. The maximum absolute atomic E-state index is 12.4. The van der Waals surface area contributed by atoms with Gasteiger partial charge in [0.2, 0.25) is 10.0 Å². The minimum absolute atomic E-state index is 0.324. The first-order valence-corrected chi connectivity index (χ1v) is 8.88. The predicted molar refractivity (Wildman–Crippen MR) is 83.0 cm³/mol. The summed E-state index contributed by atoms with van der Waals surface area (Å²) in [6.45, 7) is 4.91. The highest BCUT2D eigenvalue weighted by atomic mass is 32.2. The summed E-state index contributed by atoms with van der Waals surface area (Å²) in [6, 6.07) is 6.65. The lowest BCUT2D eigenvalue weighted by molar-refractivity contribution is 0.315. The average molecular weight is 312 g/mol. The molecule has 1 N–H and O–H groups in total. The maximum atomic E-state index is 12.4. The lowest BCUT2D eigenvalue weighted by atomic mass is 10.3. The molecular formula is C15H24N2O3S. The third-order valence-electron chi connectivity index (χ3n) is 3.54. The van der Waals surface area contributed by atoms with Crippen molar-refractivity contribution in [3.8, 4) is 5.75 Å². The normalized spacial score (nSPS) is 15.4. The van der Waals surface area contributed by atoms with Crippen molar-refractivity contribution in [1.82, 2.24) is 9.62 Å². The molecule has 1 aliphatic carbocycles. The van der Waals surface area contributed by atoms with Crippen molar-refractivity contribution < 1.29 is 13.2 Å². The molecule has 1 aliphatic rings. The van der Waals surface area contributed by atoms with Gasteiger partial charge in [-0.1, -0.05) is 6.92 Å². The second kappa shape index (κ2) is 7.24. The Hall–Kier alpha value is -1.11. The molecule has 1 saturated carbocycles. The van der Waals surface area contributed by atoms with Gasteiger partial charge in [-0.15, -0.1) is 0 Å². The molecule has 1 fully saturated rings. The molecule has 118 valence electrons. The van der Waals surface area contributed by atoms with Crippen molar-refractivity contribution in [2.75, 3.05) is 33.3 Å². The van der Waals surface area contributed by atoms with Crippen LogP contribution < -0.4 is 10.1 Å². The van der Waals surface area contributed by atoms with Gasteiger partial charge in [-0.3, -0.25) is 0 Å². The van der Waals surface area contributed by atoms with Crippen molar-refractivity contribution in [2.45, 2.75) is 24.7 Å². The topological polar surface area (TPSA) is 58.6 Å². The first kappa shape index (κ1) is 16.3. The van der Waals surface area contributed by atoms with Gasteiger partial charge in [0, 0.05) is 20.1 Å². The molecular weight excluding hydrogens is 288 g/mol. The first-order chi connectivity index (χ1) is 10.0. The molecule has 0 radical (unpaired) electrons. The molecule has 0 bridgehead atoms. The quantitative estimate of drug-likeness (QED) is 0.705. The molecule has 0 atom stereocenters. The smallest absolute Gasteiger partial charge is 0.242 e. The number of sulfonamides is 1. The fraction of sp³-hybridized carbons (Fsp3) is 0.600. The molecule has 0 amide bonds. The number of hydrogen-bond acceptors (Lipinski definition) is 4. The van der Waals surface area contributed by atoms with E-state index in [1.807, 2.05) is 6.92 Å². The maximum Gasteiger partial charge on any atom is 0.242 e. The summed E-state index contributed by atoms with van der Waals surface area (Å²) in [5.41, 5.74) is 0. The standard InChI is InChI=1S/C15H24N2O3S/c1-3-16-10-11-20-14-6-8-15(9-7-14)21(18,19)17(2)12-13-4-5-13/h6-9,13,16H,3-5,10-12H2,1-2H3. The van der Waals surface area contributed by atoms with Crippen LogP contribution in [0.5, 0.6) is 5.75 Å². The van der Waals surface area contributed by atoms with E-state index in [0.717, 1.165) is 25.9 Å². The van der Waals surface area contributed by atoms with Gasteiger partial charge >= 0.3 is 0 Å². The zero-order chi connectivity index (χ0) is 15.3. The Morgan fingerprint density at radius 2 is 1.95 bits per heavy atom. The van der Waals surface area contributed by atoms with Gasteiger partial charge in [0.15, 0.2) is 0 Å². The van der Waals surface area contributed by atoms with Crippen LogP contribution in [-0.4, -0.2) is 46.0 Å². The van der Waals surface area contributed by atoms with E-state index >= 15 is 0 Å². The lowest BCUT2D eigenvalue weighted by Gasteiger charge is -2.17. The van der Waals surface area contributed by atoms with E-state index in [1.165, 1.54) is 4.31 Å². The number of rotatable bonds is 9. The van der Waals surface area contributed by atoms with Crippen LogP contribution in [0.1, 0.15) is 19.8 Å². The number of ether oxygens (including phenoxy) is 1. The molecule has 1 aromatic rings. The number of likely N-dealkylation sites (N-methyl/N-ethyl adjacent to an activating group) is 1. The van der Waals surface area contributed by atoms with Crippen molar-refractivity contribution in [2.24, 2.45) is 5.92 Å². The Bertz CT molecular complexity index is 539. The molecule has 1 aromatic carbocycles. The van der Waals surface area contributed by atoms with Crippen molar-refractivity contribution in [3.05, 3.63) is 24.3 Å². The van der Waals surface area contributed by atoms with Crippen LogP contribution in [0.4, 0.5) is 0 Å². The number of hydrogen-bond donors (Lipinski definition) is 1. The van der Waals surface area contributed by atoms with E-state index in [4.69, 9.17) is 4.74 Å². The van der Waals surface area contributed by atoms with Crippen LogP contribution in [0.15, 0.2) is 29.2 Å².